The first-order valence-corrected chi connectivity index (χ1v) is 17.1. The van der Waals surface area contributed by atoms with Crippen molar-refractivity contribution in [2.24, 2.45) is 0 Å². The second-order valence-electron chi connectivity index (χ2n) is 14.0. The molecule has 0 nitrogen and oxygen atoms in total. The van der Waals surface area contributed by atoms with E-state index in [1.807, 2.05) is 0 Å². The van der Waals surface area contributed by atoms with Crippen LogP contribution in [0.15, 0.2) is 140 Å². The first-order chi connectivity index (χ1) is 21.4. The number of hydrogen-bond donors (Lipinski definition) is 0. The van der Waals surface area contributed by atoms with Gasteiger partial charge in [-0.2, -0.15) is 12.1 Å². The molecule has 0 bridgehead atoms. The molecule has 0 heterocycles. The van der Waals surface area contributed by atoms with E-state index in [0.717, 1.165) is 0 Å². The fourth-order valence-corrected chi connectivity index (χ4v) is 6.48. The Morgan fingerprint density at radius 2 is 1.02 bits per heavy atom. The Bertz CT molecular complexity index is 1920. The predicted molar refractivity (Wildman–Crippen MR) is 195 cm³/mol. The summed E-state index contributed by atoms with van der Waals surface area (Å²) in [5, 5.41) is 8.20. The van der Waals surface area contributed by atoms with E-state index in [0.29, 0.717) is 0 Å². The van der Waals surface area contributed by atoms with Gasteiger partial charge in [0, 0.05) is 0 Å². The second kappa shape index (κ2) is 16.3. The Balaban J connectivity index is 0.000000200. The van der Waals surface area contributed by atoms with E-state index in [2.05, 4.69) is 188 Å². The standard InChI is InChI=1S/C21H25.C13H10.C10H9.2ClH.Zr/c1-20(2,3)16-7-9-18-14(12-16)11-15-13-17(21(4,5)6)8-10-19(15)18;1-3-7-12(8-4-1)11-13-9-5-2-6-10-13;1-8-4-2-5-9-6-3-7-10(8)9;;;/h7-13H,1-6H3;1-10H;2-7H,1H3;2*1H;/q-1;;-1;;;+2/p-2. The maximum absolute atomic E-state index is 2.35. The van der Waals surface area contributed by atoms with Gasteiger partial charge in [0.15, 0.2) is 0 Å². The third-order valence-corrected chi connectivity index (χ3v) is 9.88. The van der Waals surface area contributed by atoms with Crippen LogP contribution < -0.4 is 24.8 Å². The van der Waals surface area contributed by atoms with Crippen molar-refractivity contribution in [3.63, 3.8) is 0 Å². The van der Waals surface area contributed by atoms with Gasteiger partial charge in [-0.15, -0.1) is 74.3 Å². The van der Waals surface area contributed by atoms with Gasteiger partial charge in [-0.05, 0) is 10.8 Å². The Kier molecular flexibility index (Phi) is 13.3. The predicted octanol–water partition coefficient (Wildman–Crippen LogP) is 5.98. The maximum atomic E-state index is 2.35. The number of hydrogen-bond acceptors (Lipinski definition) is 0. The molecule has 0 aliphatic rings. The third kappa shape index (κ3) is 9.51. The molecule has 0 saturated heterocycles. The van der Waals surface area contributed by atoms with E-state index in [-0.39, 0.29) is 35.6 Å². The van der Waals surface area contributed by atoms with Crippen molar-refractivity contribution >= 4 is 35.5 Å². The summed E-state index contributed by atoms with van der Waals surface area (Å²) in [5.41, 5.74) is 7.24. The fraction of sp³-hybridized carbons (Fsp3) is 0.205. The van der Waals surface area contributed by atoms with Crippen LogP contribution in [0.4, 0.5) is 0 Å². The first kappa shape index (κ1) is 38.4. The summed E-state index contributed by atoms with van der Waals surface area (Å²) in [4.78, 5) is 0. The zero-order chi connectivity index (χ0) is 32.2. The molecule has 240 valence electrons. The molecular formula is C44H44Cl2Zr-2. The fourth-order valence-electron chi connectivity index (χ4n) is 5.66. The summed E-state index contributed by atoms with van der Waals surface area (Å²) in [6.07, 6.45) is 0. The molecule has 0 fully saturated rings. The minimum absolute atomic E-state index is 0. The third-order valence-electron chi connectivity index (χ3n) is 8.46. The van der Waals surface area contributed by atoms with Gasteiger partial charge in [0.05, 0.1) is 0 Å². The van der Waals surface area contributed by atoms with Crippen LogP contribution in [0.2, 0.25) is 0 Å². The summed E-state index contributed by atoms with van der Waals surface area (Å²) in [6.45, 7) is 15.8. The van der Waals surface area contributed by atoms with Crippen LogP contribution >= 0.6 is 0 Å². The molecule has 7 rings (SSSR count). The zero-order valence-electron chi connectivity index (χ0n) is 28.5. The second-order valence-corrected chi connectivity index (χ2v) is 15.2. The van der Waals surface area contributed by atoms with Gasteiger partial charge in [-0.1, -0.05) is 89.9 Å². The van der Waals surface area contributed by atoms with E-state index in [1.54, 1.807) is 0 Å². The van der Waals surface area contributed by atoms with Crippen molar-refractivity contribution in [2.45, 2.75) is 59.3 Å². The molecule has 0 saturated carbocycles. The number of fused-ring (bicyclic) bond motifs is 4. The van der Waals surface area contributed by atoms with Gasteiger partial charge in [0.2, 0.25) is 0 Å². The first-order valence-electron chi connectivity index (χ1n) is 15.9. The Morgan fingerprint density at radius 1 is 0.553 bits per heavy atom. The molecule has 0 amide bonds. The van der Waals surface area contributed by atoms with Crippen molar-refractivity contribution in [2.75, 3.05) is 0 Å². The molecule has 0 aromatic heterocycles. The monoisotopic (exact) mass is 732 g/mol. The Labute approximate surface area is 309 Å². The average Bonchev–Trinajstić information content (AvgIpc) is 3.66. The summed E-state index contributed by atoms with van der Waals surface area (Å²) < 4.78 is 1.42. The van der Waals surface area contributed by atoms with E-state index >= 15 is 0 Å². The quantitative estimate of drug-likeness (QED) is 0.192. The SMILES string of the molecule is CC(C)(C)c1ccc2c(c1)[cH-]c1cc(C(C)(C)C)ccc12.Cc1cccc2cc[cH-]c12.[Cl-].[Cl-].[Zr+2]=[C](c1ccccc1)c1ccccc1. The van der Waals surface area contributed by atoms with Crippen molar-refractivity contribution in [1.82, 2.24) is 0 Å². The van der Waals surface area contributed by atoms with Crippen LogP contribution in [0, 0.1) is 6.92 Å². The van der Waals surface area contributed by atoms with Crippen LogP contribution in [-0.4, -0.2) is 3.21 Å². The van der Waals surface area contributed by atoms with Gasteiger partial charge < -0.3 is 24.8 Å². The van der Waals surface area contributed by atoms with Crippen LogP contribution in [-0.2, 0) is 35.1 Å². The van der Waals surface area contributed by atoms with Gasteiger partial charge in [0.1, 0.15) is 0 Å². The van der Waals surface area contributed by atoms with Gasteiger partial charge in [-0.3, -0.25) is 0 Å². The molecular weight excluding hydrogens is 691 g/mol. The molecule has 0 aliphatic heterocycles. The summed E-state index contributed by atoms with van der Waals surface area (Å²) in [7, 11) is 0. The van der Waals surface area contributed by atoms with Gasteiger partial charge in [-0.25, -0.2) is 0 Å². The van der Waals surface area contributed by atoms with Crippen LogP contribution in [0.5, 0.6) is 0 Å². The molecule has 0 radical (unpaired) electrons. The number of halogens is 2. The van der Waals surface area contributed by atoms with Crippen molar-refractivity contribution in [3.05, 3.63) is 167 Å². The summed E-state index contributed by atoms with van der Waals surface area (Å²) in [5.74, 6) is 0. The van der Waals surface area contributed by atoms with Crippen LogP contribution in [0.3, 0.4) is 0 Å². The molecule has 0 N–H and O–H groups in total. The Hall–Kier alpha value is -3.09. The van der Waals surface area contributed by atoms with E-state index in [1.165, 1.54) is 87.6 Å². The minimum atomic E-state index is 0. The molecule has 0 spiro atoms. The normalized spacial score (nSPS) is 11.1. The number of rotatable bonds is 2. The molecule has 47 heavy (non-hydrogen) atoms. The molecule has 7 aromatic rings. The molecule has 7 aromatic carbocycles. The van der Waals surface area contributed by atoms with E-state index in [4.69, 9.17) is 0 Å². The zero-order valence-corrected chi connectivity index (χ0v) is 32.5. The van der Waals surface area contributed by atoms with Crippen LogP contribution in [0.1, 0.15) is 69.4 Å². The van der Waals surface area contributed by atoms with Crippen LogP contribution in [0.25, 0.3) is 32.3 Å². The molecule has 0 aliphatic carbocycles. The average molecular weight is 735 g/mol. The summed E-state index contributed by atoms with van der Waals surface area (Å²) >= 11 is 1.46. The number of benzene rings is 5. The van der Waals surface area contributed by atoms with Crippen molar-refractivity contribution < 1.29 is 49.0 Å². The Morgan fingerprint density at radius 3 is 1.45 bits per heavy atom. The van der Waals surface area contributed by atoms with E-state index in [9.17, 15) is 0 Å². The van der Waals surface area contributed by atoms with Gasteiger partial charge >= 0.3 is 99.2 Å². The topological polar surface area (TPSA) is 0 Å². The van der Waals surface area contributed by atoms with Gasteiger partial charge in [0.25, 0.3) is 0 Å². The number of aryl methyl sites for hydroxylation is 1. The molecule has 3 heteroatoms. The molecule has 0 unspecified atom stereocenters. The van der Waals surface area contributed by atoms with E-state index < -0.39 is 0 Å². The van der Waals surface area contributed by atoms with Crippen molar-refractivity contribution in [3.8, 4) is 0 Å². The van der Waals surface area contributed by atoms with Crippen molar-refractivity contribution in [1.29, 1.82) is 0 Å². The summed E-state index contributed by atoms with van der Waals surface area (Å²) in [6, 6.07) is 50.1. The molecule has 0 atom stereocenters.